The number of hydrogen-bond acceptors (Lipinski definition) is 3. The van der Waals surface area contributed by atoms with Gasteiger partial charge in [0, 0.05) is 29.8 Å². The molecule has 15 heavy (non-hydrogen) atoms. The maximum Gasteiger partial charge on any atom is 0.0542 e. The van der Waals surface area contributed by atoms with Crippen molar-refractivity contribution in [3.8, 4) is 0 Å². The quantitative estimate of drug-likeness (QED) is 0.887. The van der Waals surface area contributed by atoms with Crippen LogP contribution in [0.1, 0.15) is 12.6 Å². The molecule has 1 aromatic rings. The molecule has 0 bridgehead atoms. The van der Waals surface area contributed by atoms with Crippen molar-refractivity contribution in [2.75, 3.05) is 20.6 Å². The first-order valence-corrected chi connectivity index (χ1v) is 5.86. The second-order valence-electron chi connectivity index (χ2n) is 4.01. The van der Waals surface area contributed by atoms with Crippen molar-refractivity contribution >= 4 is 15.9 Å². The number of pyridine rings is 1. The summed E-state index contributed by atoms with van der Waals surface area (Å²) in [5.74, 6) is 0. The summed E-state index contributed by atoms with van der Waals surface area (Å²) in [5, 5.41) is 3.43. The van der Waals surface area contributed by atoms with Crippen LogP contribution >= 0.6 is 15.9 Å². The highest BCUT2D eigenvalue weighted by molar-refractivity contribution is 9.10. The van der Waals surface area contributed by atoms with Crippen molar-refractivity contribution in [1.29, 1.82) is 0 Å². The van der Waals surface area contributed by atoms with Gasteiger partial charge in [-0.25, -0.2) is 0 Å². The highest BCUT2D eigenvalue weighted by Crippen LogP contribution is 2.07. The van der Waals surface area contributed by atoms with E-state index in [9.17, 15) is 0 Å². The first kappa shape index (κ1) is 12.6. The first-order chi connectivity index (χ1) is 7.08. The lowest BCUT2D eigenvalue weighted by Gasteiger charge is -2.17. The molecule has 0 saturated carbocycles. The van der Waals surface area contributed by atoms with Crippen LogP contribution in [0.25, 0.3) is 0 Å². The molecule has 3 nitrogen and oxygen atoms in total. The van der Waals surface area contributed by atoms with Crippen LogP contribution in [0, 0.1) is 0 Å². The van der Waals surface area contributed by atoms with Gasteiger partial charge in [0.15, 0.2) is 0 Å². The van der Waals surface area contributed by atoms with E-state index in [-0.39, 0.29) is 0 Å². The van der Waals surface area contributed by atoms with Crippen LogP contribution in [-0.2, 0) is 6.54 Å². The average molecular weight is 272 g/mol. The molecular formula is C11H18BrN3. The minimum Gasteiger partial charge on any atom is -0.308 e. The maximum absolute atomic E-state index is 4.31. The van der Waals surface area contributed by atoms with Crippen LogP contribution in [-0.4, -0.2) is 36.6 Å². The number of likely N-dealkylation sites (N-methyl/N-ethyl adjacent to an activating group) is 1. The van der Waals surface area contributed by atoms with Gasteiger partial charge in [-0.3, -0.25) is 4.98 Å². The van der Waals surface area contributed by atoms with E-state index in [0.717, 1.165) is 23.3 Å². The van der Waals surface area contributed by atoms with Crippen LogP contribution in [0.15, 0.2) is 22.8 Å². The molecule has 84 valence electrons. The summed E-state index contributed by atoms with van der Waals surface area (Å²) in [7, 11) is 4.16. The summed E-state index contributed by atoms with van der Waals surface area (Å²) in [5.41, 5.74) is 1.07. The zero-order chi connectivity index (χ0) is 11.3. The van der Waals surface area contributed by atoms with Crippen molar-refractivity contribution < 1.29 is 0 Å². The Balaban J connectivity index is 2.33. The molecule has 0 fully saturated rings. The molecule has 1 atom stereocenters. The lowest BCUT2D eigenvalue weighted by molar-refractivity contribution is 0.348. The van der Waals surface area contributed by atoms with Gasteiger partial charge < -0.3 is 10.2 Å². The van der Waals surface area contributed by atoms with Gasteiger partial charge in [0.05, 0.1) is 5.69 Å². The van der Waals surface area contributed by atoms with Crippen LogP contribution in [0.4, 0.5) is 0 Å². The van der Waals surface area contributed by atoms with Crippen molar-refractivity contribution in [3.05, 3.63) is 28.5 Å². The molecule has 1 unspecified atom stereocenters. The Labute approximate surface area is 100 Å². The molecule has 0 aliphatic rings. The fraction of sp³-hybridized carbons (Fsp3) is 0.545. The second-order valence-corrected chi connectivity index (χ2v) is 4.93. The van der Waals surface area contributed by atoms with Gasteiger partial charge in [-0.05, 0) is 49.1 Å². The number of rotatable bonds is 5. The summed E-state index contributed by atoms with van der Waals surface area (Å²) in [6.45, 7) is 4.04. The topological polar surface area (TPSA) is 28.2 Å². The van der Waals surface area contributed by atoms with Crippen LogP contribution in [0.5, 0.6) is 0 Å². The maximum atomic E-state index is 4.31. The Morgan fingerprint density at radius 3 is 2.73 bits per heavy atom. The molecule has 1 heterocycles. The van der Waals surface area contributed by atoms with Crippen molar-refractivity contribution in [2.45, 2.75) is 19.5 Å². The molecule has 0 aliphatic carbocycles. The Hall–Kier alpha value is -0.450. The van der Waals surface area contributed by atoms with Gasteiger partial charge in [0.25, 0.3) is 0 Å². The second kappa shape index (κ2) is 6.20. The lowest BCUT2D eigenvalue weighted by atomic mass is 10.3. The summed E-state index contributed by atoms with van der Waals surface area (Å²) < 4.78 is 1.02. The molecule has 0 amide bonds. The van der Waals surface area contributed by atoms with Crippen LogP contribution in [0.2, 0.25) is 0 Å². The van der Waals surface area contributed by atoms with Gasteiger partial charge in [-0.15, -0.1) is 0 Å². The molecule has 1 aromatic heterocycles. The molecular weight excluding hydrogens is 254 g/mol. The molecule has 0 radical (unpaired) electrons. The van der Waals surface area contributed by atoms with E-state index >= 15 is 0 Å². The van der Waals surface area contributed by atoms with E-state index in [0.29, 0.717) is 6.04 Å². The largest absolute Gasteiger partial charge is 0.308 e. The number of aromatic nitrogens is 1. The summed E-state index contributed by atoms with van der Waals surface area (Å²) in [4.78, 5) is 6.48. The predicted molar refractivity (Wildman–Crippen MR) is 66.8 cm³/mol. The minimum atomic E-state index is 0.477. The third kappa shape index (κ3) is 5.25. The number of halogens is 1. The van der Waals surface area contributed by atoms with Crippen LogP contribution < -0.4 is 5.32 Å². The lowest BCUT2D eigenvalue weighted by Crippen LogP contribution is -2.35. The first-order valence-electron chi connectivity index (χ1n) is 5.06. The van der Waals surface area contributed by atoms with E-state index in [1.54, 1.807) is 0 Å². The normalized spacial score (nSPS) is 13.1. The molecule has 0 aromatic carbocycles. The van der Waals surface area contributed by atoms with E-state index < -0.39 is 0 Å². The molecule has 0 spiro atoms. The molecule has 1 rings (SSSR count). The molecule has 0 saturated heterocycles. The van der Waals surface area contributed by atoms with Crippen LogP contribution in [0.3, 0.4) is 0 Å². The standard InChI is InChI=1S/C11H18BrN3/c1-9(8-15(2)3)13-7-11-5-4-10(12)6-14-11/h4-6,9,13H,7-8H2,1-3H3. The van der Waals surface area contributed by atoms with E-state index in [1.807, 2.05) is 18.3 Å². The minimum absolute atomic E-state index is 0.477. The van der Waals surface area contributed by atoms with Gasteiger partial charge in [-0.2, -0.15) is 0 Å². The summed E-state index contributed by atoms with van der Waals surface area (Å²) in [6.07, 6.45) is 1.83. The monoisotopic (exact) mass is 271 g/mol. The zero-order valence-corrected chi connectivity index (χ0v) is 11.1. The van der Waals surface area contributed by atoms with Gasteiger partial charge in [-0.1, -0.05) is 0 Å². The Morgan fingerprint density at radius 2 is 2.20 bits per heavy atom. The van der Waals surface area contributed by atoms with E-state index in [1.165, 1.54) is 0 Å². The smallest absolute Gasteiger partial charge is 0.0542 e. The third-order valence-corrected chi connectivity index (χ3v) is 2.53. The molecule has 4 heteroatoms. The van der Waals surface area contributed by atoms with Gasteiger partial charge in [0.2, 0.25) is 0 Å². The number of nitrogens with zero attached hydrogens (tertiary/aromatic N) is 2. The van der Waals surface area contributed by atoms with Crippen molar-refractivity contribution in [3.63, 3.8) is 0 Å². The van der Waals surface area contributed by atoms with E-state index in [4.69, 9.17) is 0 Å². The van der Waals surface area contributed by atoms with Gasteiger partial charge >= 0.3 is 0 Å². The van der Waals surface area contributed by atoms with Gasteiger partial charge in [0.1, 0.15) is 0 Å². The van der Waals surface area contributed by atoms with E-state index in [2.05, 4.69) is 52.1 Å². The third-order valence-electron chi connectivity index (χ3n) is 2.06. The zero-order valence-electron chi connectivity index (χ0n) is 9.50. The van der Waals surface area contributed by atoms with Crippen molar-refractivity contribution in [1.82, 2.24) is 15.2 Å². The highest BCUT2D eigenvalue weighted by atomic mass is 79.9. The molecule has 1 N–H and O–H groups in total. The Morgan fingerprint density at radius 1 is 1.47 bits per heavy atom. The summed E-state index contributed by atoms with van der Waals surface area (Å²) >= 11 is 3.37. The SMILES string of the molecule is CC(CN(C)C)NCc1ccc(Br)cn1. The predicted octanol–water partition coefficient (Wildman–Crippen LogP) is 1.88. The van der Waals surface area contributed by atoms with Crippen molar-refractivity contribution in [2.24, 2.45) is 0 Å². The summed E-state index contributed by atoms with van der Waals surface area (Å²) in [6, 6.07) is 4.52. The average Bonchev–Trinajstić information content (AvgIpc) is 2.16. The molecule has 0 aliphatic heterocycles. The Bertz CT molecular complexity index is 284. The number of nitrogens with one attached hydrogen (secondary N) is 1. The highest BCUT2D eigenvalue weighted by Gasteiger charge is 2.02. The fourth-order valence-electron chi connectivity index (χ4n) is 1.40. The number of hydrogen-bond donors (Lipinski definition) is 1. The Kier molecular flexibility index (Phi) is 5.22. The fourth-order valence-corrected chi connectivity index (χ4v) is 1.64.